The van der Waals surface area contributed by atoms with E-state index in [0.29, 0.717) is 58.0 Å². The summed E-state index contributed by atoms with van der Waals surface area (Å²) in [5.41, 5.74) is 6.35. The number of benzene rings is 3. The SMILES string of the molecule is CCc1c2c(nc3ccc(OCCOCNC(=O)CNC(=O)C(Cc4ccccc4)NC(=O)CNC(=O)CNC(=O)CCc4cccc(N5C(=O)C=CC5=O)c4)cc13)-c1cc3c(c(=O)n1C2)COC(=O)C3OC. The van der Waals surface area contributed by atoms with E-state index in [2.05, 4.69) is 26.6 Å². The summed E-state index contributed by atoms with van der Waals surface area (Å²) in [6.07, 6.45) is 2.38. The summed E-state index contributed by atoms with van der Waals surface area (Å²) in [5, 5.41) is 13.5. The maximum atomic E-state index is 13.6. The third kappa shape index (κ3) is 12.0. The van der Waals surface area contributed by atoms with Gasteiger partial charge in [0.15, 0.2) is 6.10 Å². The van der Waals surface area contributed by atoms with Gasteiger partial charge in [-0.15, -0.1) is 0 Å². The van der Waals surface area contributed by atoms with E-state index in [1.165, 1.54) is 19.3 Å². The highest BCUT2D eigenvalue weighted by molar-refractivity contribution is 6.28. The van der Waals surface area contributed by atoms with Gasteiger partial charge in [0, 0.05) is 48.6 Å². The molecule has 0 bridgehead atoms. The number of imide groups is 1. The summed E-state index contributed by atoms with van der Waals surface area (Å²) in [7, 11) is 1.40. The second-order valence-corrected chi connectivity index (χ2v) is 17.1. The van der Waals surface area contributed by atoms with Crippen LogP contribution in [0.1, 0.15) is 52.8 Å². The Morgan fingerprint density at radius 1 is 0.781 bits per heavy atom. The number of cyclic esters (lactones) is 1. The van der Waals surface area contributed by atoms with Gasteiger partial charge in [-0.05, 0) is 65.9 Å². The lowest BCUT2D eigenvalue weighted by Crippen LogP contribution is -2.52. The first-order valence-electron chi connectivity index (χ1n) is 23.5. The smallest absolute Gasteiger partial charge is 0.340 e. The molecule has 0 fully saturated rings. The number of amides is 7. The molecule has 378 valence electrons. The van der Waals surface area contributed by atoms with E-state index in [4.69, 9.17) is 23.9 Å². The van der Waals surface area contributed by atoms with Crippen LogP contribution in [0.15, 0.2) is 95.8 Å². The molecule has 73 heavy (non-hydrogen) atoms. The number of fused-ring (bicyclic) bond motifs is 5. The van der Waals surface area contributed by atoms with Crippen LogP contribution in [0.3, 0.4) is 0 Å². The molecule has 5 heterocycles. The quantitative estimate of drug-likeness (QED) is 0.0278. The van der Waals surface area contributed by atoms with E-state index in [9.17, 15) is 43.2 Å². The van der Waals surface area contributed by atoms with Crippen LogP contribution in [-0.2, 0) is 85.0 Å². The van der Waals surface area contributed by atoms with Crippen LogP contribution in [0.25, 0.3) is 22.3 Å². The number of carbonyl (C=O) groups is 8. The van der Waals surface area contributed by atoms with Crippen LogP contribution in [0.5, 0.6) is 5.75 Å². The fourth-order valence-electron chi connectivity index (χ4n) is 8.74. The maximum absolute atomic E-state index is 13.6. The Labute approximate surface area is 417 Å². The van der Waals surface area contributed by atoms with Crippen molar-refractivity contribution in [3.05, 3.63) is 135 Å². The van der Waals surface area contributed by atoms with Crippen LogP contribution in [-0.4, -0.2) is 110 Å². The third-order valence-electron chi connectivity index (χ3n) is 12.4. The average Bonchev–Trinajstić information content (AvgIpc) is 3.94. The molecule has 3 aromatic carbocycles. The van der Waals surface area contributed by atoms with Crippen LogP contribution >= 0.6 is 0 Å². The Morgan fingerprint density at radius 3 is 2.27 bits per heavy atom. The Bertz CT molecular complexity index is 3080. The van der Waals surface area contributed by atoms with Crippen molar-refractivity contribution >= 4 is 63.9 Å². The zero-order valence-corrected chi connectivity index (χ0v) is 39.9. The maximum Gasteiger partial charge on any atom is 0.340 e. The number of nitrogens with zero attached hydrogens (tertiary/aromatic N) is 3. The van der Waals surface area contributed by atoms with Crippen molar-refractivity contribution in [1.29, 1.82) is 0 Å². The number of pyridine rings is 2. The summed E-state index contributed by atoms with van der Waals surface area (Å²) >= 11 is 0. The third-order valence-corrected chi connectivity index (χ3v) is 12.4. The lowest BCUT2D eigenvalue weighted by atomic mass is 9.97. The van der Waals surface area contributed by atoms with E-state index >= 15 is 0 Å². The minimum Gasteiger partial charge on any atom is -0.491 e. The number of hydrogen-bond acceptors (Lipinski definition) is 14. The molecule has 2 aromatic heterocycles. The van der Waals surface area contributed by atoms with E-state index in [-0.39, 0.29) is 51.4 Å². The van der Waals surface area contributed by atoms with Crippen molar-refractivity contribution in [2.24, 2.45) is 0 Å². The van der Waals surface area contributed by atoms with Crippen LogP contribution in [0.2, 0.25) is 0 Å². The van der Waals surface area contributed by atoms with E-state index in [1.807, 2.05) is 19.1 Å². The number of carbonyl (C=O) groups excluding carboxylic acids is 8. The van der Waals surface area contributed by atoms with Gasteiger partial charge in [0.2, 0.25) is 29.5 Å². The van der Waals surface area contributed by atoms with Gasteiger partial charge in [0.1, 0.15) is 31.7 Å². The van der Waals surface area contributed by atoms with E-state index in [0.717, 1.165) is 27.0 Å². The zero-order valence-electron chi connectivity index (χ0n) is 39.9. The van der Waals surface area contributed by atoms with Gasteiger partial charge >= 0.3 is 5.97 Å². The summed E-state index contributed by atoms with van der Waals surface area (Å²) < 4.78 is 23.8. The van der Waals surface area contributed by atoms with E-state index in [1.54, 1.807) is 71.3 Å². The van der Waals surface area contributed by atoms with Crippen molar-refractivity contribution in [2.45, 2.75) is 57.9 Å². The molecule has 0 aliphatic carbocycles. The number of hydrogen-bond donors (Lipinski definition) is 5. The van der Waals surface area contributed by atoms with Gasteiger partial charge in [-0.2, -0.15) is 0 Å². The van der Waals surface area contributed by atoms with Gasteiger partial charge in [-0.25, -0.2) is 14.7 Å². The summed E-state index contributed by atoms with van der Waals surface area (Å²) in [4.78, 5) is 120. The lowest BCUT2D eigenvalue weighted by Gasteiger charge is -2.24. The molecule has 2 atom stereocenters. The molecule has 21 heteroatoms. The highest BCUT2D eigenvalue weighted by Gasteiger charge is 2.36. The van der Waals surface area contributed by atoms with Gasteiger partial charge in [-0.3, -0.25) is 38.4 Å². The Morgan fingerprint density at radius 2 is 1.51 bits per heavy atom. The molecule has 8 rings (SSSR count). The van der Waals surface area contributed by atoms with Crippen LogP contribution < -0.4 is 41.8 Å². The average molecular weight is 997 g/mol. The Balaban J connectivity index is 0.751. The molecule has 7 amide bonds. The summed E-state index contributed by atoms with van der Waals surface area (Å²) in [6.45, 7) is 0.970. The predicted octanol–water partition coefficient (Wildman–Crippen LogP) is 1.34. The number of aromatic nitrogens is 2. The Kier molecular flexibility index (Phi) is 16.1. The van der Waals surface area contributed by atoms with Crippen molar-refractivity contribution in [2.75, 3.05) is 51.6 Å². The highest BCUT2D eigenvalue weighted by atomic mass is 16.6. The van der Waals surface area contributed by atoms with Crippen LogP contribution in [0.4, 0.5) is 5.69 Å². The molecule has 2 unspecified atom stereocenters. The van der Waals surface area contributed by atoms with Crippen molar-refractivity contribution in [3.8, 4) is 17.1 Å². The number of ether oxygens (including phenoxy) is 4. The predicted molar refractivity (Wildman–Crippen MR) is 261 cm³/mol. The van der Waals surface area contributed by atoms with Gasteiger partial charge in [0.05, 0.1) is 60.9 Å². The van der Waals surface area contributed by atoms with Gasteiger partial charge in [-0.1, -0.05) is 49.4 Å². The van der Waals surface area contributed by atoms with Gasteiger partial charge < -0.3 is 50.1 Å². The van der Waals surface area contributed by atoms with Crippen molar-refractivity contribution in [1.82, 2.24) is 36.1 Å². The molecule has 21 nitrogen and oxygen atoms in total. The number of rotatable bonds is 22. The Hall–Kier alpha value is -8.56. The number of esters is 1. The molecule has 3 aliphatic heterocycles. The summed E-state index contributed by atoms with van der Waals surface area (Å²) in [5.74, 6) is -3.87. The number of methoxy groups -OCH3 is 1. The molecule has 0 saturated heterocycles. The lowest BCUT2D eigenvalue weighted by molar-refractivity contribution is -0.159. The number of aryl methyl sites for hydroxylation is 2. The second-order valence-electron chi connectivity index (χ2n) is 17.1. The first-order chi connectivity index (χ1) is 35.3. The molecule has 0 saturated carbocycles. The van der Waals surface area contributed by atoms with Crippen molar-refractivity contribution in [3.63, 3.8) is 0 Å². The van der Waals surface area contributed by atoms with Crippen molar-refractivity contribution < 1.29 is 57.3 Å². The highest BCUT2D eigenvalue weighted by Crippen LogP contribution is 2.39. The summed E-state index contributed by atoms with van der Waals surface area (Å²) in [6, 6.07) is 21.7. The fourth-order valence-corrected chi connectivity index (χ4v) is 8.74. The standard InChI is InChI=1S/C52H52N8O13/c1-3-34-35-22-33(13-14-39(35)58-48-37(34)27-59-41(48)23-36-38(51(59)68)28-73-52(69)49(36)70-2)72-19-18-71-29-56-44(63)25-55-50(67)40(21-30-8-5-4-6-9-30)57-45(64)26-54-43(62)24-53-42(61)15-12-31-10-7-11-32(20-31)60-46(65)16-17-47(60)66/h4-11,13-14,16-17,20,22-23,40,49H,3,12,15,18-19,21,24-29H2,1-2H3,(H,53,61)(H,54,62)(H,55,67)(H,56,63)(H,57,64). The molecule has 3 aliphatic rings. The largest absolute Gasteiger partial charge is 0.491 e. The molecule has 0 spiro atoms. The number of nitrogens with one attached hydrogen (secondary N) is 5. The first-order valence-corrected chi connectivity index (χ1v) is 23.5. The molecule has 0 radical (unpaired) electrons. The van der Waals surface area contributed by atoms with Crippen LogP contribution in [0, 0.1) is 0 Å². The molecule has 5 aromatic rings. The fraction of sp³-hybridized carbons (Fsp3) is 0.308. The second kappa shape index (κ2) is 23.1. The minimum atomic E-state index is -1.11. The molecular weight excluding hydrogens is 945 g/mol. The topological polar surface area (TPSA) is 272 Å². The molecular formula is C52H52N8O13. The minimum absolute atomic E-state index is 0.00872. The van der Waals surface area contributed by atoms with Gasteiger partial charge in [0.25, 0.3) is 17.4 Å². The molecule has 5 N–H and O–H groups in total. The zero-order chi connectivity index (χ0) is 51.6. The van der Waals surface area contributed by atoms with E-state index < -0.39 is 79.1 Å². The number of anilines is 1. The first kappa shape index (κ1) is 50.8. The normalized spacial score (nSPS) is 14.7. The monoisotopic (exact) mass is 996 g/mol.